The lowest BCUT2D eigenvalue weighted by Gasteiger charge is -2.30. The molecule has 22 heavy (non-hydrogen) atoms. The van der Waals surface area contributed by atoms with Gasteiger partial charge in [0.05, 0.1) is 12.2 Å². The first-order valence-corrected chi connectivity index (χ1v) is 6.73. The molecule has 0 aromatic heterocycles. The van der Waals surface area contributed by atoms with Crippen molar-refractivity contribution in [3.63, 3.8) is 0 Å². The Morgan fingerprint density at radius 2 is 2.00 bits per heavy atom. The first-order valence-electron chi connectivity index (χ1n) is 6.73. The number of carbonyl (C=O) groups excluding carboxylic acids is 1. The molecule has 0 saturated heterocycles. The minimum atomic E-state index is -2.03. The molecule has 6 heteroatoms. The predicted molar refractivity (Wildman–Crippen MR) is 78.3 cm³/mol. The van der Waals surface area contributed by atoms with Crippen LogP contribution >= 0.6 is 0 Å². The van der Waals surface area contributed by atoms with Crippen LogP contribution in [0.5, 0.6) is 0 Å². The minimum absolute atomic E-state index is 0.00366. The number of aromatic carboxylic acids is 1. The number of carboxylic acid groups (broad SMARTS) is 1. The van der Waals surface area contributed by atoms with E-state index in [2.05, 4.69) is 0 Å². The third kappa shape index (κ3) is 2.73. The maximum absolute atomic E-state index is 12.1. The summed E-state index contributed by atoms with van der Waals surface area (Å²) in [5, 5.41) is 29.7. The summed E-state index contributed by atoms with van der Waals surface area (Å²) in [6.45, 7) is 1.68. The molecule has 0 heterocycles. The second-order valence-corrected chi connectivity index (χ2v) is 4.82. The van der Waals surface area contributed by atoms with E-state index in [1.54, 1.807) is 13.0 Å². The van der Waals surface area contributed by atoms with Crippen molar-refractivity contribution in [3.05, 3.63) is 53.3 Å². The number of ether oxygens (including phenoxy) is 1. The van der Waals surface area contributed by atoms with Gasteiger partial charge in [-0.2, -0.15) is 0 Å². The standard InChI is InChI=1S/C16H16O6/c1-2-22-15(20)16(21)8-7-10(17)9-13(16)11-5-3-4-6-12(11)14(18)19/h3-7,9,17,21H,2,8H2,1H3,(H,18,19). The van der Waals surface area contributed by atoms with Crippen LogP contribution in [0.15, 0.2) is 42.2 Å². The monoisotopic (exact) mass is 304 g/mol. The summed E-state index contributed by atoms with van der Waals surface area (Å²) in [5.74, 6) is -2.23. The number of esters is 1. The smallest absolute Gasteiger partial charge is 0.343 e. The van der Waals surface area contributed by atoms with Crippen LogP contribution in [-0.2, 0) is 9.53 Å². The number of aliphatic hydroxyl groups excluding tert-OH is 1. The lowest BCUT2D eigenvalue weighted by Crippen LogP contribution is -2.42. The van der Waals surface area contributed by atoms with Gasteiger partial charge in [-0.1, -0.05) is 18.2 Å². The van der Waals surface area contributed by atoms with E-state index in [1.807, 2.05) is 0 Å². The number of carboxylic acids is 1. The van der Waals surface area contributed by atoms with Gasteiger partial charge in [0.25, 0.3) is 0 Å². The zero-order valence-corrected chi connectivity index (χ0v) is 11.9. The molecular weight excluding hydrogens is 288 g/mol. The fourth-order valence-corrected chi connectivity index (χ4v) is 2.34. The summed E-state index contributed by atoms with van der Waals surface area (Å²) in [6.07, 6.45) is 2.27. The molecule has 0 radical (unpaired) electrons. The Hall–Kier alpha value is -2.60. The van der Waals surface area contributed by atoms with Gasteiger partial charge in [-0.05, 0) is 30.7 Å². The minimum Gasteiger partial charge on any atom is -0.508 e. The molecule has 0 spiro atoms. The number of aliphatic hydroxyl groups is 2. The van der Waals surface area contributed by atoms with Crippen LogP contribution in [0.3, 0.4) is 0 Å². The zero-order valence-electron chi connectivity index (χ0n) is 11.9. The van der Waals surface area contributed by atoms with E-state index in [0.29, 0.717) is 0 Å². The van der Waals surface area contributed by atoms with Crippen molar-refractivity contribution in [1.82, 2.24) is 0 Å². The van der Waals surface area contributed by atoms with E-state index < -0.39 is 17.5 Å². The molecule has 0 aliphatic heterocycles. The summed E-state index contributed by atoms with van der Waals surface area (Å²) in [6, 6.07) is 5.95. The van der Waals surface area contributed by atoms with Crippen molar-refractivity contribution in [1.29, 1.82) is 0 Å². The third-order valence-electron chi connectivity index (χ3n) is 3.41. The van der Waals surface area contributed by atoms with Crippen LogP contribution in [0.1, 0.15) is 29.3 Å². The molecule has 1 aromatic rings. The molecule has 3 N–H and O–H groups in total. The number of hydrogen-bond acceptors (Lipinski definition) is 5. The maximum atomic E-state index is 12.1. The van der Waals surface area contributed by atoms with Crippen LogP contribution in [0, 0.1) is 0 Å². The van der Waals surface area contributed by atoms with E-state index in [-0.39, 0.29) is 35.5 Å². The molecule has 0 bridgehead atoms. The van der Waals surface area contributed by atoms with Gasteiger partial charge in [0.2, 0.25) is 0 Å². The number of benzene rings is 1. The molecule has 2 rings (SSSR count). The van der Waals surface area contributed by atoms with E-state index in [4.69, 9.17) is 4.74 Å². The molecule has 116 valence electrons. The van der Waals surface area contributed by atoms with Gasteiger partial charge in [-0.25, -0.2) is 9.59 Å². The Bertz CT molecular complexity index is 673. The quantitative estimate of drug-likeness (QED) is 0.734. The number of rotatable bonds is 4. The summed E-state index contributed by atoms with van der Waals surface area (Å²) in [4.78, 5) is 23.5. The molecule has 0 fully saturated rings. The maximum Gasteiger partial charge on any atom is 0.343 e. The Morgan fingerprint density at radius 3 is 2.64 bits per heavy atom. The largest absolute Gasteiger partial charge is 0.508 e. The van der Waals surface area contributed by atoms with Crippen molar-refractivity contribution < 1.29 is 29.6 Å². The van der Waals surface area contributed by atoms with Crippen LogP contribution in [-0.4, -0.2) is 39.5 Å². The number of allylic oxidation sites excluding steroid dienone is 1. The van der Waals surface area contributed by atoms with Crippen molar-refractivity contribution in [3.8, 4) is 0 Å². The zero-order chi connectivity index (χ0) is 16.3. The van der Waals surface area contributed by atoms with Gasteiger partial charge >= 0.3 is 11.9 Å². The molecular formula is C16H16O6. The lowest BCUT2D eigenvalue weighted by molar-refractivity contribution is -0.158. The van der Waals surface area contributed by atoms with Gasteiger partial charge in [0.1, 0.15) is 5.76 Å². The average molecular weight is 304 g/mol. The van der Waals surface area contributed by atoms with Crippen LogP contribution < -0.4 is 0 Å². The normalized spacial score (nSPS) is 20.8. The highest BCUT2D eigenvalue weighted by molar-refractivity contribution is 6.02. The highest BCUT2D eigenvalue weighted by Gasteiger charge is 2.44. The molecule has 1 atom stereocenters. The van der Waals surface area contributed by atoms with Crippen LogP contribution in [0.2, 0.25) is 0 Å². The van der Waals surface area contributed by atoms with E-state index in [9.17, 15) is 24.9 Å². The van der Waals surface area contributed by atoms with Crippen LogP contribution in [0.25, 0.3) is 5.57 Å². The topological polar surface area (TPSA) is 104 Å². The summed E-state index contributed by atoms with van der Waals surface area (Å²) in [5.41, 5.74) is -1.95. The fraction of sp³-hybridized carbons (Fsp3) is 0.250. The Morgan fingerprint density at radius 1 is 1.32 bits per heavy atom. The highest BCUT2D eigenvalue weighted by atomic mass is 16.5. The first kappa shape index (κ1) is 15.8. The Kier molecular flexibility index (Phi) is 4.32. The molecule has 1 aliphatic carbocycles. The predicted octanol–water partition coefficient (Wildman–Crippen LogP) is 1.91. The molecule has 6 nitrogen and oxygen atoms in total. The van der Waals surface area contributed by atoms with Crippen molar-refractivity contribution in [2.45, 2.75) is 18.9 Å². The fourth-order valence-electron chi connectivity index (χ4n) is 2.34. The average Bonchev–Trinajstić information content (AvgIpc) is 2.50. The third-order valence-corrected chi connectivity index (χ3v) is 3.41. The van der Waals surface area contributed by atoms with Crippen molar-refractivity contribution in [2.24, 2.45) is 0 Å². The van der Waals surface area contributed by atoms with Crippen LogP contribution in [0.4, 0.5) is 0 Å². The van der Waals surface area contributed by atoms with Gasteiger partial charge < -0.3 is 20.1 Å². The summed E-state index contributed by atoms with van der Waals surface area (Å²) < 4.78 is 4.88. The molecule has 1 aliphatic rings. The molecule has 0 saturated carbocycles. The Balaban J connectivity index is 2.60. The second-order valence-electron chi connectivity index (χ2n) is 4.82. The number of carbonyl (C=O) groups is 2. The first-order chi connectivity index (χ1) is 10.4. The van der Waals surface area contributed by atoms with Gasteiger partial charge in [0.15, 0.2) is 5.60 Å². The van der Waals surface area contributed by atoms with Gasteiger partial charge in [0, 0.05) is 12.0 Å². The van der Waals surface area contributed by atoms with E-state index in [0.717, 1.165) is 0 Å². The number of hydrogen-bond donors (Lipinski definition) is 3. The van der Waals surface area contributed by atoms with E-state index in [1.165, 1.54) is 30.4 Å². The van der Waals surface area contributed by atoms with Gasteiger partial charge in [-0.15, -0.1) is 0 Å². The van der Waals surface area contributed by atoms with Crippen molar-refractivity contribution in [2.75, 3.05) is 6.61 Å². The van der Waals surface area contributed by atoms with Gasteiger partial charge in [-0.3, -0.25) is 0 Å². The summed E-state index contributed by atoms with van der Waals surface area (Å²) >= 11 is 0. The van der Waals surface area contributed by atoms with E-state index >= 15 is 0 Å². The Labute approximate surface area is 127 Å². The molecule has 0 amide bonds. The van der Waals surface area contributed by atoms with Crippen molar-refractivity contribution >= 4 is 17.5 Å². The molecule has 1 aromatic carbocycles. The lowest BCUT2D eigenvalue weighted by atomic mass is 9.80. The SMILES string of the molecule is CCOC(=O)C1(O)CC=C(O)C=C1c1ccccc1C(=O)O. The highest BCUT2D eigenvalue weighted by Crippen LogP contribution is 2.37. The summed E-state index contributed by atoms with van der Waals surface area (Å²) in [7, 11) is 0. The second kappa shape index (κ2) is 6.03. The molecule has 1 unspecified atom stereocenters.